The quantitative estimate of drug-likeness (QED) is 0.842. The van der Waals surface area contributed by atoms with Crippen LogP contribution in [0.1, 0.15) is 36.8 Å². The largest absolute Gasteiger partial charge is 0.335 e. The second-order valence-corrected chi connectivity index (χ2v) is 4.79. The number of carbonyl (C=O) groups is 1. The molecule has 0 unspecified atom stereocenters. The fraction of sp³-hybridized carbons (Fsp3) is 0.400. The standard InChI is InChI=1S/C15H20N2O/c1-12-6-2-3-7-13(12)10-11-16-15(18)17-14-8-4-5-9-14/h2-3,6-7,10-11,14H,4-5,8-9H2,1H3,(H2,16,17,18)/b11-10+. The Hall–Kier alpha value is -1.77. The molecule has 0 saturated heterocycles. The summed E-state index contributed by atoms with van der Waals surface area (Å²) in [6, 6.07) is 8.34. The van der Waals surface area contributed by atoms with Gasteiger partial charge in [0.25, 0.3) is 0 Å². The van der Waals surface area contributed by atoms with Crippen molar-refractivity contribution in [1.82, 2.24) is 10.6 Å². The zero-order valence-corrected chi connectivity index (χ0v) is 10.8. The third kappa shape index (κ3) is 3.62. The first-order valence-corrected chi connectivity index (χ1v) is 6.55. The molecule has 0 aliphatic heterocycles. The van der Waals surface area contributed by atoms with Crippen LogP contribution in [0.5, 0.6) is 0 Å². The van der Waals surface area contributed by atoms with Gasteiger partial charge in [0, 0.05) is 12.2 Å². The maximum absolute atomic E-state index is 11.6. The van der Waals surface area contributed by atoms with Crippen LogP contribution in [0, 0.1) is 6.92 Å². The lowest BCUT2D eigenvalue weighted by Crippen LogP contribution is -2.38. The van der Waals surface area contributed by atoms with E-state index in [1.54, 1.807) is 6.20 Å². The van der Waals surface area contributed by atoms with Crippen LogP contribution in [0.2, 0.25) is 0 Å². The molecule has 0 bridgehead atoms. The number of urea groups is 1. The van der Waals surface area contributed by atoms with Crippen molar-refractivity contribution in [1.29, 1.82) is 0 Å². The third-order valence-corrected chi connectivity index (χ3v) is 3.36. The van der Waals surface area contributed by atoms with Crippen molar-refractivity contribution in [2.24, 2.45) is 0 Å². The number of aryl methyl sites for hydroxylation is 1. The molecular weight excluding hydrogens is 224 g/mol. The van der Waals surface area contributed by atoms with E-state index in [0.717, 1.165) is 18.4 Å². The first-order chi connectivity index (χ1) is 8.75. The normalized spacial score (nSPS) is 16.1. The molecule has 1 aromatic rings. The van der Waals surface area contributed by atoms with E-state index in [9.17, 15) is 4.79 Å². The number of amides is 2. The molecule has 2 rings (SSSR count). The zero-order chi connectivity index (χ0) is 12.8. The molecule has 0 heterocycles. The molecule has 3 nitrogen and oxygen atoms in total. The van der Waals surface area contributed by atoms with Crippen LogP contribution in [-0.2, 0) is 0 Å². The first-order valence-electron chi connectivity index (χ1n) is 6.55. The van der Waals surface area contributed by atoms with E-state index < -0.39 is 0 Å². The molecule has 2 amide bonds. The predicted molar refractivity (Wildman–Crippen MR) is 74.1 cm³/mol. The maximum Gasteiger partial charge on any atom is 0.318 e. The molecule has 1 aromatic carbocycles. The molecule has 1 aliphatic rings. The average Bonchev–Trinajstić information content (AvgIpc) is 2.84. The summed E-state index contributed by atoms with van der Waals surface area (Å²) in [6.45, 7) is 2.05. The molecule has 18 heavy (non-hydrogen) atoms. The monoisotopic (exact) mass is 244 g/mol. The van der Waals surface area contributed by atoms with Gasteiger partial charge in [0.2, 0.25) is 0 Å². The Bertz CT molecular complexity index is 434. The van der Waals surface area contributed by atoms with Crippen LogP contribution in [0.4, 0.5) is 4.79 Å². The minimum absolute atomic E-state index is 0.105. The fourth-order valence-electron chi connectivity index (χ4n) is 2.28. The second-order valence-electron chi connectivity index (χ2n) is 4.79. The van der Waals surface area contributed by atoms with Crippen LogP contribution in [-0.4, -0.2) is 12.1 Å². The van der Waals surface area contributed by atoms with Crippen LogP contribution in [0.15, 0.2) is 30.5 Å². The molecule has 0 radical (unpaired) electrons. The van der Waals surface area contributed by atoms with E-state index in [1.807, 2.05) is 24.3 Å². The summed E-state index contributed by atoms with van der Waals surface area (Å²) in [4.78, 5) is 11.6. The lowest BCUT2D eigenvalue weighted by molar-refractivity contribution is 0.240. The third-order valence-electron chi connectivity index (χ3n) is 3.36. The topological polar surface area (TPSA) is 41.1 Å². The van der Waals surface area contributed by atoms with Gasteiger partial charge in [-0.15, -0.1) is 0 Å². The molecule has 3 heteroatoms. The lowest BCUT2D eigenvalue weighted by atomic mass is 10.1. The zero-order valence-electron chi connectivity index (χ0n) is 10.8. The van der Waals surface area contributed by atoms with Gasteiger partial charge in [0.15, 0.2) is 0 Å². The Kier molecular flexibility index (Phi) is 4.40. The van der Waals surface area contributed by atoms with Crippen LogP contribution in [0.3, 0.4) is 0 Å². The molecule has 0 spiro atoms. The first kappa shape index (κ1) is 12.7. The number of carbonyl (C=O) groups excluding carboxylic acids is 1. The molecule has 0 atom stereocenters. The minimum Gasteiger partial charge on any atom is -0.335 e. The summed E-state index contributed by atoms with van der Waals surface area (Å²) in [5.74, 6) is 0. The van der Waals surface area contributed by atoms with Crippen LogP contribution >= 0.6 is 0 Å². The highest BCUT2D eigenvalue weighted by Crippen LogP contribution is 2.17. The SMILES string of the molecule is Cc1ccccc1/C=C/NC(=O)NC1CCCC1. The fourth-order valence-corrected chi connectivity index (χ4v) is 2.28. The van der Waals surface area contributed by atoms with Crippen molar-refractivity contribution in [3.63, 3.8) is 0 Å². The summed E-state index contributed by atoms with van der Waals surface area (Å²) < 4.78 is 0. The number of hydrogen-bond donors (Lipinski definition) is 2. The van der Waals surface area contributed by atoms with Crippen molar-refractivity contribution in [2.75, 3.05) is 0 Å². The maximum atomic E-state index is 11.6. The molecule has 2 N–H and O–H groups in total. The Labute approximate surface area is 108 Å². The lowest BCUT2D eigenvalue weighted by Gasteiger charge is -2.10. The van der Waals surface area contributed by atoms with Gasteiger partial charge in [-0.1, -0.05) is 37.1 Å². The Morgan fingerprint density at radius 3 is 2.72 bits per heavy atom. The van der Waals surface area contributed by atoms with E-state index in [1.165, 1.54) is 18.4 Å². The van der Waals surface area contributed by atoms with Crippen molar-refractivity contribution in [3.8, 4) is 0 Å². The predicted octanol–water partition coefficient (Wildman–Crippen LogP) is 3.21. The average molecular weight is 244 g/mol. The number of hydrogen-bond acceptors (Lipinski definition) is 1. The Morgan fingerprint density at radius 2 is 2.00 bits per heavy atom. The summed E-state index contributed by atoms with van der Waals surface area (Å²) in [6.07, 6.45) is 8.29. The Morgan fingerprint density at radius 1 is 1.28 bits per heavy atom. The van der Waals surface area contributed by atoms with Crippen LogP contribution < -0.4 is 10.6 Å². The van der Waals surface area contributed by atoms with Gasteiger partial charge in [-0.2, -0.15) is 0 Å². The molecule has 96 valence electrons. The highest BCUT2D eigenvalue weighted by Gasteiger charge is 2.16. The summed E-state index contributed by atoms with van der Waals surface area (Å²) >= 11 is 0. The number of benzene rings is 1. The van der Waals surface area contributed by atoms with E-state index in [-0.39, 0.29) is 6.03 Å². The molecule has 1 fully saturated rings. The number of nitrogens with one attached hydrogen (secondary N) is 2. The second kappa shape index (κ2) is 6.24. The summed E-state index contributed by atoms with van der Waals surface area (Å²) in [5, 5.41) is 5.73. The molecular formula is C15H20N2O. The van der Waals surface area contributed by atoms with Gasteiger partial charge in [-0.3, -0.25) is 0 Å². The molecule has 0 aromatic heterocycles. The highest BCUT2D eigenvalue weighted by atomic mass is 16.2. The van der Waals surface area contributed by atoms with Crippen LogP contribution in [0.25, 0.3) is 6.08 Å². The highest BCUT2D eigenvalue weighted by molar-refractivity contribution is 5.76. The summed E-state index contributed by atoms with van der Waals surface area (Å²) in [7, 11) is 0. The van der Waals surface area contributed by atoms with Gasteiger partial charge < -0.3 is 10.6 Å². The minimum atomic E-state index is -0.105. The van der Waals surface area contributed by atoms with E-state index in [0.29, 0.717) is 6.04 Å². The van der Waals surface area contributed by atoms with Crippen molar-refractivity contribution in [2.45, 2.75) is 38.6 Å². The van der Waals surface area contributed by atoms with E-state index in [2.05, 4.69) is 23.6 Å². The molecule has 1 saturated carbocycles. The van der Waals surface area contributed by atoms with Gasteiger partial charge in [0.05, 0.1) is 0 Å². The van der Waals surface area contributed by atoms with Gasteiger partial charge >= 0.3 is 6.03 Å². The molecule has 1 aliphatic carbocycles. The Balaban J connectivity index is 1.80. The van der Waals surface area contributed by atoms with Crippen molar-refractivity contribution in [3.05, 3.63) is 41.6 Å². The van der Waals surface area contributed by atoms with Crippen molar-refractivity contribution < 1.29 is 4.79 Å². The smallest absolute Gasteiger partial charge is 0.318 e. The van der Waals surface area contributed by atoms with Gasteiger partial charge in [-0.05, 0) is 37.0 Å². The van der Waals surface area contributed by atoms with Gasteiger partial charge in [-0.25, -0.2) is 4.79 Å². The van der Waals surface area contributed by atoms with E-state index in [4.69, 9.17) is 0 Å². The van der Waals surface area contributed by atoms with Crippen molar-refractivity contribution >= 4 is 12.1 Å². The van der Waals surface area contributed by atoms with Gasteiger partial charge in [0.1, 0.15) is 0 Å². The summed E-state index contributed by atoms with van der Waals surface area (Å²) in [5.41, 5.74) is 2.32. The number of rotatable bonds is 3. The van der Waals surface area contributed by atoms with E-state index >= 15 is 0 Å².